The van der Waals surface area contributed by atoms with Gasteiger partial charge in [0.15, 0.2) is 0 Å². The van der Waals surface area contributed by atoms with Crippen LogP contribution in [0.1, 0.15) is 26.7 Å². The van der Waals surface area contributed by atoms with Gasteiger partial charge in [0.1, 0.15) is 5.75 Å². The molecular weight excluding hydrogens is 336 g/mol. The normalized spacial score (nSPS) is 17.0. The van der Waals surface area contributed by atoms with Gasteiger partial charge in [-0.2, -0.15) is 4.31 Å². The summed E-state index contributed by atoms with van der Waals surface area (Å²) in [5, 5.41) is 3.21. The van der Waals surface area contributed by atoms with Crippen LogP contribution in [0, 0.1) is 5.92 Å². The van der Waals surface area contributed by atoms with Crippen molar-refractivity contribution in [1.29, 1.82) is 0 Å². The van der Waals surface area contributed by atoms with E-state index in [0.717, 1.165) is 12.8 Å². The summed E-state index contributed by atoms with van der Waals surface area (Å²) in [5.74, 6) is 1.15. The number of nitrogens with one attached hydrogen (secondary N) is 1. The number of benzene rings is 1. The Morgan fingerprint density at radius 2 is 1.78 bits per heavy atom. The molecule has 1 fully saturated rings. The molecule has 0 atom stereocenters. The standard InChI is InChI=1S/C16H26N2O3S.ClH/c1-13(2)12-21-15-4-6-16(7-5-15)22(19,20)18-10-8-14(17-3)9-11-18;/h4-7,13-14,17H,8-12H2,1-3H3;1H. The topological polar surface area (TPSA) is 58.6 Å². The molecule has 1 N–H and O–H groups in total. The zero-order chi connectivity index (χ0) is 16.2. The van der Waals surface area contributed by atoms with Crippen molar-refractivity contribution in [1.82, 2.24) is 9.62 Å². The Morgan fingerprint density at radius 1 is 1.22 bits per heavy atom. The highest BCUT2D eigenvalue weighted by Crippen LogP contribution is 2.23. The average Bonchev–Trinajstić information content (AvgIpc) is 2.53. The average molecular weight is 363 g/mol. The largest absolute Gasteiger partial charge is 0.493 e. The maximum Gasteiger partial charge on any atom is 0.243 e. The molecule has 2 rings (SSSR count). The highest BCUT2D eigenvalue weighted by Gasteiger charge is 2.28. The fourth-order valence-electron chi connectivity index (χ4n) is 2.50. The van der Waals surface area contributed by atoms with Gasteiger partial charge in [-0.05, 0) is 50.1 Å². The molecule has 1 aromatic carbocycles. The molecule has 7 heteroatoms. The number of rotatable bonds is 6. The Bertz CT molecular complexity index is 567. The smallest absolute Gasteiger partial charge is 0.243 e. The van der Waals surface area contributed by atoms with E-state index in [1.54, 1.807) is 28.6 Å². The Kier molecular flexibility index (Phi) is 7.80. The van der Waals surface area contributed by atoms with Crippen LogP contribution in [0.5, 0.6) is 5.75 Å². The molecule has 0 bridgehead atoms. The SMILES string of the molecule is CNC1CCN(S(=O)(=O)c2ccc(OCC(C)C)cc2)CC1.Cl. The minimum absolute atomic E-state index is 0. The van der Waals surface area contributed by atoms with Gasteiger partial charge in [0.05, 0.1) is 11.5 Å². The lowest BCUT2D eigenvalue weighted by Gasteiger charge is -2.31. The van der Waals surface area contributed by atoms with Crippen molar-refractivity contribution >= 4 is 22.4 Å². The molecule has 1 aliphatic rings. The summed E-state index contributed by atoms with van der Waals surface area (Å²) in [6.07, 6.45) is 1.70. The van der Waals surface area contributed by atoms with Gasteiger partial charge in [0.25, 0.3) is 0 Å². The molecule has 5 nitrogen and oxygen atoms in total. The monoisotopic (exact) mass is 362 g/mol. The third kappa shape index (κ3) is 5.35. The molecule has 0 saturated carbocycles. The molecule has 0 amide bonds. The first-order chi connectivity index (χ1) is 10.4. The Balaban J connectivity index is 0.00000264. The lowest BCUT2D eigenvalue weighted by Crippen LogP contribution is -2.43. The zero-order valence-electron chi connectivity index (χ0n) is 14.0. The van der Waals surface area contributed by atoms with E-state index in [2.05, 4.69) is 19.2 Å². The van der Waals surface area contributed by atoms with Crippen LogP contribution >= 0.6 is 12.4 Å². The number of ether oxygens (including phenoxy) is 1. The molecule has 0 spiro atoms. The first-order valence-electron chi connectivity index (χ1n) is 7.83. The van der Waals surface area contributed by atoms with Gasteiger partial charge < -0.3 is 10.1 Å². The summed E-state index contributed by atoms with van der Waals surface area (Å²) in [7, 11) is -1.47. The third-order valence-corrected chi connectivity index (χ3v) is 5.82. The maximum atomic E-state index is 12.6. The highest BCUT2D eigenvalue weighted by molar-refractivity contribution is 7.89. The van der Waals surface area contributed by atoms with Gasteiger partial charge in [-0.3, -0.25) is 0 Å². The molecule has 23 heavy (non-hydrogen) atoms. The van der Waals surface area contributed by atoms with E-state index in [1.165, 1.54) is 0 Å². The highest BCUT2D eigenvalue weighted by atomic mass is 35.5. The quantitative estimate of drug-likeness (QED) is 0.844. The molecule has 1 saturated heterocycles. The lowest BCUT2D eigenvalue weighted by atomic mass is 10.1. The van der Waals surface area contributed by atoms with Crippen molar-refractivity contribution in [3.63, 3.8) is 0 Å². The van der Waals surface area contributed by atoms with Crippen LogP contribution in [0.3, 0.4) is 0 Å². The van der Waals surface area contributed by atoms with Crippen LogP contribution in [0.25, 0.3) is 0 Å². The Morgan fingerprint density at radius 3 is 2.26 bits per heavy atom. The van der Waals surface area contributed by atoms with Crippen LogP contribution in [0.4, 0.5) is 0 Å². The van der Waals surface area contributed by atoms with Gasteiger partial charge >= 0.3 is 0 Å². The van der Waals surface area contributed by atoms with E-state index in [4.69, 9.17) is 4.74 Å². The number of piperidine rings is 1. The second-order valence-electron chi connectivity index (χ2n) is 6.14. The zero-order valence-corrected chi connectivity index (χ0v) is 15.6. The molecule has 132 valence electrons. The van der Waals surface area contributed by atoms with E-state index in [9.17, 15) is 8.42 Å². The van der Waals surface area contributed by atoms with Crippen molar-refractivity contribution in [3.05, 3.63) is 24.3 Å². The van der Waals surface area contributed by atoms with Crippen LogP contribution in [0.15, 0.2) is 29.2 Å². The molecule has 0 aliphatic carbocycles. The van der Waals surface area contributed by atoms with Crippen molar-refractivity contribution in [2.75, 3.05) is 26.7 Å². The molecular formula is C16H27ClN2O3S. The second-order valence-corrected chi connectivity index (χ2v) is 8.08. The van der Waals surface area contributed by atoms with E-state index >= 15 is 0 Å². The van der Waals surface area contributed by atoms with Gasteiger partial charge in [-0.15, -0.1) is 12.4 Å². The summed E-state index contributed by atoms with van der Waals surface area (Å²) < 4.78 is 32.4. The van der Waals surface area contributed by atoms with Crippen LogP contribution in [-0.2, 0) is 10.0 Å². The van der Waals surface area contributed by atoms with E-state index in [0.29, 0.717) is 42.3 Å². The summed E-state index contributed by atoms with van der Waals surface area (Å²) in [6.45, 7) is 5.92. The predicted octanol–water partition coefficient (Wildman–Crippen LogP) is 2.52. The number of sulfonamides is 1. The third-order valence-electron chi connectivity index (χ3n) is 3.91. The number of hydrogen-bond donors (Lipinski definition) is 1. The van der Waals surface area contributed by atoms with Gasteiger partial charge in [-0.1, -0.05) is 13.8 Å². The van der Waals surface area contributed by atoms with Gasteiger partial charge in [-0.25, -0.2) is 8.42 Å². The first kappa shape index (κ1) is 20.2. The van der Waals surface area contributed by atoms with Crippen LogP contribution in [-0.4, -0.2) is 45.5 Å². The molecule has 1 aliphatic heterocycles. The van der Waals surface area contributed by atoms with Crippen LogP contribution in [0.2, 0.25) is 0 Å². The van der Waals surface area contributed by atoms with E-state index in [1.807, 2.05) is 7.05 Å². The van der Waals surface area contributed by atoms with Crippen molar-refractivity contribution < 1.29 is 13.2 Å². The fraction of sp³-hybridized carbons (Fsp3) is 0.625. The fourth-order valence-corrected chi connectivity index (χ4v) is 3.97. The van der Waals surface area contributed by atoms with Gasteiger partial charge in [0.2, 0.25) is 10.0 Å². The molecule has 1 aromatic rings. The lowest BCUT2D eigenvalue weighted by molar-refractivity contribution is 0.271. The summed E-state index contributed by atoms with van der Waals surface area (Å²) in [4.78, 5) is 0.340. The number of halogens is 1. The van der Waals surface area contributed by atoms with Gasteiger partial charge in [0, 0.05) is 19.1 Å². The van der Waals surface area contributed by atoms with Crippen molar-refractivity contribution in [2.45, 2.75) is 37.6 Å². The van der Waals surface area contributed by atoms with Crippen molar-refractivity contribution in [2.24, 2.45) is 5.92 Å². The first-order valence-corrected chi connectivity index (χ1v) is 9.27. The molecule has 0 aromatic heterocycles. The number of nitrogens with zero attached hydrogens (tertiary/aromatic N) is 1. The Labute approximate surface area is 145 Å². The van der Waals surface area contributed by atoms with E-state index in [-0.39, 0.29) is 12.4 Å². The number of hydrogen-bond acceptors (Lipinski definition) is 4. The molecule has 1 heterocycles. The second kappa shape index (κ2) is 8.87. The molecule has 0 unspecified atom stereocenters. The molecule has 0 radical (unpaired) electrons. The maximum absolute atomic E-state index is 12.6. The van der Waals surface area contributed by atoms with Crippen LogP contribution < -0.4 is 10.1 Å². The minimum Gasteiger partial charge on any atom is -0.493 e. The van der Waals surface area contributed by atoms with E-state index < -0.39 is 10.0 Å². The minimum atomic E-state index is -3.39. The summed E-state index contributed by atoms with van der Waals surface area (Å²) >= 11 is 0. The Hall–Kier alpha value is -0.820. The predicted molar refractivity (Wildman–Crippen MR) is 94.9 cm³/mol. The summed E-state index contributed by atoms with van der Waals surface area (Å²) in [5.41, 5.74) is 0. The summed E-state index contributed by atoms with van der Waals surface area (Å²) in [6, 6.07) is 7.15. The van der Waals surface area contributed by atoms with Crippen molar-refractivity contribution in [3.8, 4) is 5.75 Å².